The number of rotatable bonds is 6. The fraction of sp³-hybridized carbons (Fsp3) is 0.583. The van der Waals surface area contributed by atoms with Crippen LogP contribution < -0.4 is 0 Å². The van der Waals surface area contributed by atoms with Gasteiger partial charge in [0.25, 0.3) is 5.91 Å². The molecule has 4 nitrogen and oxygen atoms in total. The third kappa shape index (κ3) is 4.52. The summed E-state index contributed by atoms with van der Waals surface area (Å²) in [7, 11) is 4.00. The van der Waals surface area contributed by atoms with Crippen LogP contribution in [0.3, 0.4) is 0 Å². The molecule has 0 fully saturated rings. The number of carbonyl (C=O) groups excluding carboxylic acids is 1. The van der Waals surface area contributed by atoms with Gasteiger partial charge in [0, 0.05) is 19.6 Å². The zero-order chi connectivity index (χ0) is 12.8. The second-order valence-corrected chi connectivity index (χ2v) is 4.98. The summed E-state index contributed by atoms with van der Waals surface area (Å²) in [6.45, 7) is 4.39. The molecule has 5 heteroatoms. The van der Waals surface area contributed by atoms with E-state index in [1.54, 1.807) is 12.1 Å². The van der Waals surface area contributed by atoms with E-state index in [2.05, 4.69) is 27.8 Å². The highest BCUT2D eigenvalue weighted by atomic mass is 79.9. The molecule has 1 aromatic heterocycles. The summed E-state index contributed by atoms with van der Waals surface area (Å²) in [4.78, 5) is 16.0. The van der Waals surface area contributed by atoms with Crippen LogP contribution in [0.2, 0.25) is 0 Å². The van der Waals surface area contributed by atoms with Gasteiger partial charge in [0.05, 0.1) is 0 Å². The highest BCUT2D eigenvalue weighted by molar-refractivity contribution is 9.10. The van der Waals surface area contributed by atoms with Gasteiger partial charge in [0.1, 0.15) is 0 Å². The van der Waals surface area contributed by atoms with Gasteiger partial charge in [-0.1, -0.05) is 6.92 Å². The molecule has 0 N–H and O–H groups in total. The number of amides is 1. The molecule has 0 saturated carbocycles. The molecule has 0 unspecified atom stereocenters. The average Bonchev–Trinajstić information content (AvgIpc) is 2.70. The minimum absolute atomic E-state index is 0.0422. The quantitative estimate of drug-likeness (QED) is 0.810. The molecule has 0 spiro atoms. The molecular formula is C12H19BrN2O2. The fourth-order valence-electron chi connectivity index (χ4n) is 1.49. The molecule has 1 amide bonds. The Bertz CT molecular complexity index is 363. The zero-order valence-electron chi connectivity index (χ0n) is 10.6. The fourth-order valence-corrected chi connectivity index (χ4v) is 1.80. The lowest BCUT2D eigenvalue weighted by molar-refractivity contribution is 0.0711. The van der Waals surface area contributed by atoms with Gasteiger partial charge in [-0.25, -0.2) is 0 Å². The summed E-state index contributed by atoms with van der Waals surface area (Å²) in [6, 6.07) is 3.44. The average molecular weight is 303 g/mol. The Balaban J connectivity index is 2.66. The van der Waals surface area contributed by atoms with Crippen molar-refractivity contribution in [2.45, 2.75) is 13.3 Å². The predicted molar refractivity (Wildman–Crippen MR) is 71.2 cm³/mol. The Morgan fingerprint density at radius 3 is 2.47 bits per heavy atom. The van der Waals surface area contributed by atoms with Crippen molar-refractivity contribution in [3.63, 3.8) is 0 Å². The maximum absolute atomic E-state index is 12.2. The molecule has 17 heavy (non-hydrogen) atoms. The predicted octanol–water partition coefficient (Wildman–Crippen LogP) is 2.46. The van der Waals surface area contributed by atoms with Gasteiger partial charge >= 0.3 is 0 Å². The van der Waals surface area contributed by atoms with Gasteiger partial charge in [-0.15, -0.1) is 0 Å². The van der Waals surface area contributed by atoms with Crippen LogP contribution in [-0.2, 0) is 0 Å². The number of halogens is 1. The summed E-state index contributed by atoms with van der Waals surface area (Å²) in [5.41, 5.74) is 0. The van der Waals surface area contributed by atoms with Crippen molar-refractivity contribution in [2.75, 3.05) is 33.7 Å². The lowest BCUT2D eigenvalue weighted by Crippen LogP contribution is -2.37. The van der Waals surface area contributed by atoms with Gasteiger partial charge in [0.2, 0.25) is 0 Å². The Labute approximate surface area is 111 Å². The smallest absolute Gasteiger partial charge is 0.289 e. The van der Waals surface area contributed by atoms with E-state index in [9.17, 15) is 4.79 Å². The lowest BCUT2D eigenvalue weighted by atomic mass is 10.3. The van der Waals surface area contributed by atoms with Gasteiger partial charge in [-0.05, 0) is 48.6 Å². The first kappa shape index (κ1) is 14.3. The molecule has 0 aliphatic rings. The second-order valence-electron chi connectivity index (χ2n) is 4.20. The molecule has 1 heterocycles. The molecule has 96 valence electrons. The van der Waals surface area contributed by atoms with Crippen molar-refractivity contribution in [2.24, 2.45) is 0 Å². The first-order valence-corrected chi connectivity index (χ1v) is 6.53. The number of carbonyl (C=O) groups is 1. The number of furan rings is 1. The molecule has 1 rings (SSSR count). The van der Waals surface area contributed by atoms with Crippen LogP contribution in [0.25, 0.3) is 0 Å². The summed E-state index contributed by atoms with van der Waals surface area (Å²) in [6.07, 6.45) is 0.945. The minimum atomic E-state index is -0.0422. The van der Waals surface area contributed by atoms with E-state index in [0.717, 1.165) is 26.1 Å². The monoisotopic (exact) mass is 302 g/mol. The maximum atomic E-state index is 12.2. The Morgan fingerprint density at radius 2 is 2.00 bits per heavy atom. The van der Waals surface area contributed by atoms with E-state index in [1.165, 1.54) is 0 Å². The largest absolute Gasteiger partial charge is 0.444 e. The number of nitrogens with zero attached hydrogens (tertiary/aromatic N) is 2. The lowest BCUT2D eigenvalue weighted by Gasteiger charge is -2.22. The van der Waals surface area contributed by atoms with E-state index in [-0.39, 0.29) is 5.91 Å². The topological polar surface area (TPSA) is 36.7 Å². The number of hydrogen-bond acceptors (Lipinski definition) is 3. The van der Waals surface area contributed by atoms with Crippen molar-refractivity contribution < 1.29 is 9.21 Å². The van der Waals surface area contributed by atoms with Crippen LogP contribution in [0.4, 0.5) is 0 Å². The van der Waals surface area contributed by atoms with Crippen LogP contribution >= 0.6 is 15.9 Å². The molecular weight excluding hydrogens is 284 g/mol. The normalized spacial score (nSPS) is 10.9. The molecule has 0 saturated heterocycles. The summed E-state index contributed by atoms with van der Waals surface area (Å²) in [5, 5.41) is 0. The summed E-state index contributed by atoms with van der Waals surface area (Å²) in [5.74, 6) is 0.350. The van der Waals surface area contributed by atoms with E-state index < -0.39 is 0 Å². The highest BCUT2D eigenvalue weighted by Crippen LogP contribution is 2.15. The SMILES string of the molecule is CCCN(CCN(C)C)C(=O)c1ccc(Br)o1. The second kappa shape index (κ2) is 6.81. The number of likely N-dealkylation sites (N-methyl/N-ethyl adjacent to an activating group) is 1. The Hall–Kier alpha value is -0.810. The minimum Gasteiger partial charge on any atom is -0.444 e. The third-order valence-corrected chi connectivity index (χ3v) is 2.81. The van der Waals surface area contributed by atoms with Gasteiger partial charge in [-0.3, -0.25) is 4.79 Å². The van der Waals surface area contributed by atoms with Crippen molar-refractivity contribution in [3.05, 3.63) is 22.6 Å². The Kier molecular flexibility index (Phi) is 5.71. The van der Waals surface area contributed by atoms with Crippen LogP contribution in [0.15, 0.2) is 21.2 Å². The molecule has 0 bridgehead atoms. The third-order valence-electron chi connectivity index (χ3n) is 2.38. The summed E-state index contributed by atoms with van der Waals surface area (Å²) >= 11 is 3.21. The first-order chi connectivity index (χ1) is 8.04. The maximum Gasteiger partial charge on any atom is 0.289 e. The van der Waals surface area contributed by atoms with E-state index in [0.29, 0.717) is 10.4 Å². The molecule has 0 aliphatic heterocycles. The first-order valence-electron chi connectivity index (χ1n) is 5.74. The van der Waals surface area contributed by atoms with Crippen molar-refractivity contribution >= 4 is 21.8 Å². The van der Waals surface area contributed by atoms with E-state index >= 15 is 0 Å². The molecule has 1 aromatic rings. The van der Waals surface area contributed by atoms with Crippen molar-refractivity contribution in [1.82, 2.24) is 9.80 Å². The van der Waals surface area contributed by atoms with Gasteiger partial charge in [0.15, 0.2) is 10.4 Å². The molecule has 0 aromatic carbocycles. The standard InChI is InChI=1S/C12H19BrN2O2/c1-4-7-15(9-8-14(2)3)12(16)10-5-6-11(13)17-10/h5-6H,4,7-9H2,1-3H3. The van der Waals surface area contributed by atoms with Crippen LogP contribution in [0.5, 0.6) is 0 Å². The highest BCUT2D eigenvalue weighted by Gasteiger charge is 2.18. The molecule has 0 radical (unpaired) electrons. The van der Waals surface area contributed by atoms with E-state index in [1.807, 2.05) is 19.0 Å². The van der Waals surface area contributed by atoms with Crippen molar-refractivity contribution in [3.8, 4) is 0 Å². The van der Waals surface area contributed by atoms with Crippen LogP contribution in [-0.4, -0.2) is 49.4 Å². The van der Waals surface area contributed by atoms with E-state index in [4.69, 9.17) is 4.42 Å². The van der Waals surface area contributed by atoms with Crippen LogP contribution in [0.1, 0.15) is 23.9 Å². The van der Waals surface area contributed by atoms with Gasteiger partial charge in [-0.2, -0.15) is 0 Å². The molecule has 0 atom stereocenters. The van der Waals surface area contributed by atoms with Crippen molar-refractivity contribution in [1.29, 1.82) is 0 Å². The molecule has 0 aliphatic carbocycles. The van der Waals surface area contributed by atoms with Gasteiger partial charge < -0.3 is 14.2 Å². The number of hydrogen-bond donors (Lipinski definition) is 0. The summed E-state index contributed by atoms with van der Waals surface area (Å²) < 4.78 is 5.88. The zero-order valence-corrected chi connectivity index (χ0v) is 12.2. The Morgan fingerprint density at radius 1 is 1.29 bits per heavy atom. The van der Waals surface area contributed by atoms with Crippen LogP contribution in [0, 0.1) is 0 Å².